The second-order valence-corrected chi connectivity index (χ2v) is 4.95. The number of carbonyl (C=O) groups excluding carboxylic acids is 2. The maximum atomic E-state index is 11.9. The summed E-state index contributed by atoms with van der Waals surface area (Å²) in [6.07, 6.45) is 1.43. The van der Waals surface area contributed by atoms with Gasteiger partial charge in [-0.15, -0.1) is 0 Å². The van der Waals surface area contributed by atoms with Crippen molar-refractivity contribution in [1.29, 1.82) is 0 Å². The van der Waals surface area contributed by atoms with Crippen molar-refractivity contribution < 1.29 is 18.7 Å². The highest BCUT2D eigenvalue weighted by Crippen LogP contribution is 2.18. The van der Waals surface area contributed by atoms with Crippen molar-refractivity contribution in [3.05, 3.63) is 48.4 Å². The largest absolute Gasteiger partial charge is 0.484 e. The molecule has 4 N–H and O–H groups in total. The van der Waals surface area contributed by atoms with E-state index >= 15 is 0 Å². The summed E-state index contributed by atoms with van der Waals surface area (Å²) in [5, 5.41) is 5.38. The molecular formula is C16H19N3O4. The topological polar surface area (TPSA) is 107 Å². The molecule has 2 rings (SSSR count). The Hall–Kier alpha value is -2.80. The SMILES string of the molecule is C[C@@H](CN)NC(=O)COc1cccc(NC(=O)c2ccco2)c1. The summed E-state index contributed by atoms with van der Waals surface area (Å²) in [7, 11) is 0. The minimum absolute atomic E-state index is 0.106. The standard InChI is InChI=1S/C16H19N3O4/c1-11(9-17)18-15(20)10-23-13-5-2-4-12(8-13)19-16(21)14-6-3-7-22-14/h2-8,11H,9-10,17H2,1H3,(H,18,20)(H,19,21)/t11-/m0/s1. The molecule has 0 spiro atoms. The second kappa shape index (κ2) is 8.00. The quantitative estimate of drug-likeness (QED) is 0.715. The van der Waals surface area contributed by atoms with Crippen molar-refractivity contribution in [2.24, 2.45) is 5.73 Å². The minimum atomic E-state index is -0.360. The lowest BCUT2D eigenvalue weighted by Crippen LogP contribution is -2.40. The Morgan fingerprint density at radius 1 is 1.30 bits per heavy atom. The molecule has 0 aliphatic heterocycles. The first-order valence-electron chi connectivity index (χ1n) is 7.15. The van der Waals surface area contributed by atoms with Crippen molar-refractivity contribution in [2.75, 3.05) is 18.5 Å². The fourth-order valence-electron chi connectivity index (χ4n) is 1.79. The molecule has 1 aromatic carbocycles. The maximum absolute atomic E-state index is 11.9. The number of carbonyl (C=O) groups is 2. The van der Waals surface area contributed by atoms with Crippen molar-refractivity contribution in [3.8, 4) is 5.75 Å². The zero-order valence-electron chi connectivity index (χ0n) is 12.7. The van der Waals surface area contributed by atoms with Crippen LogP contribution < -0.4 is 21.1 Å². The molecule has 1 atom stereocenters. The van der Waals surface area contributed by atoms with Crippen LogP contribution in [-0.4, -0.2) is 31.0 Å². The average molecular weight is 317 g/mol. The molecule has 0 radical (unpaired) electrons. The summed E-state index contributed by atoms with van der Waals surface area (Å²) in [6, 6.07) is 9.85. The summed E-state index contributed by atoms with van der Waals surface area (Å²) in [4.78, 5) is 23.5. The molecular weight excluding hydrogens is 298 g/mol. The monoisotopic (exact) mass is 317 g/mol. The minimum Gasteiger partial charge on any atom is -0.484 e. The van der Waals surface area contributed by atoms with Crippen molar-refractivity contribution in [3.63, 3.8) is 0 Å². The zero-order chi connectivity index (χ0) is 16.7. The molecule has 122 valence electrons. The van der Waals surface area contributed by atoms with Crippen molar-refractivity contribution in [1.82, 2.24) is 5.32 Å². The van der Waals surface area contributed by atoms with Crippen molar-refractivity contribution >= 4 is 17.5 Å². The molecule has 2 aromatic rings. The predicted molar refractivity (Wildman–Crippen MR) is 85.3 cm³/mol. The Bertz CT molecular complexity index is 655. The van der Waals surface area contributed by atoms with E-state index in [0.717, 1.165) is 0 Å². The third-order valence-corrected chi connectivity index (χ3v) is 2.97. The summed E-state index contributed by atoms with van der Waals surface area (Å²) in [5.74, 6) is 0.0684. The second-order valence-electron chi connectivity index (χ2n) is 4.95. The Labute approximate surface area is 133 Å². The van der Waals surface area contributed by atoms with Gasteiger partial charge in [0.15, 0.2) is 12.4 Å². The molecule has 0 aliphatic carbocycles. The summed E-state index contributed by atoms with van der Waals surface area (Å²) in [5.41, 5.74) is 5.97. The van der Waals surface area contributed by atoms with Crippen LogP contribution in [0, 0.1) is 0 Å². The normalized spacial score (nSPS) is 11.6. The van der Waals surface area contributed by atoms with E-state index in [9.17, 15) is 9.59 Å². The van der Waals surface area contributed by atoms with Gasteiger partial charge in [-0.2, -0.15) is 0 Å². The number of benzene rings is 1. The molecule has 1 aromatic heterocycles. The van der Waals surface area contributed by atoms with Crippen LogP contribution in [0.15, 0.2) is 47.1 Å². The molecule has 1 heterocycles. The molecule has 7 heteroatoms. The highest BCUT2D eigenvalue weighted by Gasteiger charge is 2.10. The maximum Gasteiger partial charge on any atom is 0.291 e. The lowest BCUT2D eigenvalue weighted by molar-refractivity contribution is -0.123. The van der Waals surface area contributed by atoms with E-state index in [4.69, 9.17) is 14.9 Å². The van der Waals surface area contributed by atoms with Gasteiger partial charge in [0.2, 0.25) is 0 Å². The van der Waals surface area contributed by atoms with E-state index in [1.165, 1.54) is 6.26 Å². The van der Waals surface area contributed by atoms with Crippen LogP contribution in [-0.2, 0) is 4.79 Å². The van der Waals surface area contributed by atoms with E-state index < -0.39 is 0 Å². The molecule has 23 heavy (non-hydrogen) atoms. The number of hydrogen-bond donors (Lipinski definition) is 3. The Balaban J connectivity index is 1.89. The molecule has 0 bridgehead atoms. The predicted octanol–water partition coefficient (Wildman–Crippen LogP) is 1.37. The fraction of sp³-hybridized carbons (Fsp3) is 0.250. The first-order valence-corrected chi connectivity index (χ1v) is 7.15. The van der Waals surface area contributed by atoms with Crippen molar-refractivity contribution in [2.45, 2.75) is 13.0 Å². The smallest absolute Gasteiger partial charge is 0.291 e. The Kier molecular flexibility index (Phi) is 5.76. The summed E-state index contributed by atoms with van der Waals surface area (Å²) >= 11 is 0. The summed E-state index contributed by atoms with van der Waals surface area (Å²) < 4.78 is 10.4. The van der Waals surface area contributed by atoms with Crippen LogP contribution in [0.5, 0.6) is 5.75 Å². The number of amides is 2. The van der Waals surface area contributed by atoms with Gasteiger partial charge in [0.1, 0.15) is 5.75 Å². The van der Waals surface area contributed by atoms with Gasteiger partial charge in [0, 0.05) is 24.3 Å². The van der Waals surface area contributed by atoms with Crippen LogP contribution in [0.1, 0.15) is 17.5 Å². The van der Waals surface area contributed by atoms with Gasteiger partial charge in [-0.1, -0.05) is 6.07 Å². The van der Waals surface area contributed by atoms with Gasteiger partial charge in [-0.25, -0.2) is 0 Å². The molecule has 7 nitrogen and oxygen atoms in total. The van der Waals surface area contributed by atoms with E-state index in [1.807, 2.05) is 6.92 Å². The Morgan fingerprint density at radius 3 is 2.83 bits per heavy atom. The zero-order valence-corrected chi connectivity index (χ0v) is 12.7. The van der Waals surface area contributed by atoms with Crippen LogP contribution in [0.3, 0.4) is 0 Å². The van der Waals surface area contributed by atoms with Gasteiger partial charge in [0.25, 0.3) is 11.8 Å². The number of ether oxygens (including phenoxy) is 1. The molecule has 2 amide bonds. The lowest BCUT2D eigenvalue weighted by atomic mass is 10.3. The number of nitrogens with one attached hydrogen (secondary N) is 2. The average Bonchev–Trinajstić information content (AvgIpc) is 3.08. The molecule has 0 aliphatic rings. The van der Waals surface area contributed by atoms with Crippen LogP contribution in [0.4, 0.5) is 5.69 Å². The van der Waals surface area contributed by atoms with Gasteiger partial charge < -0.3 is 25.5 Å². The van der Waals surface area contributed by atoms with E-state index in [-0.39, 0.29) is 30.2 Å². The molecule has 0 fully saturated rings. The third-order valence-electron chi connectivity index (χ3n) is 2.97. The first-order chi connectivity index (χ1) is 11.1. The van der Waals surface area contributed by atoms with E-state index in [2.05, 4.69) is 10.6 Å². The third kappa shape index (κ3) is 5.15. The fourth-order valence-corrected chi connectivity index (χ4v) is 1.79. The van der Waals surface area contributed by atoms with Gasteiger partial charge >= 0.3 is 0 Å². The van der Waals surface area contributed by atoms with Gasteiger partial charge in [0.05, 0.1) is 6.26 Å². The highest BCUT2D eigenvalue weighted by molar-refractivity contribution is 6.02. The number of rotatable bonds is 7. The number of nitrogens with two attached hydrogens (primary N) is 1. The van der Waals surface area contributed by atoms with Crippen LogP contribution >= 0.6 is 0 Å². The number of furan rings is 1. The van der Waals surface area contributed by atoms with E-state index in [0.29, 0.717) is 18.0 Å². The number of hydrogen-bond acceptors (Lipinski definition) is 5. The lowest BCUT2D eigenvalue weighted by Gasteiger charge is -2.12. The molecule has 0 saturated carbocycles. The Morgan fingerprint density at radius 2 is 2.13 bits per heavy atom. The number of anilines is 1. The molecule has 0 unspecified atom stereocenters. The summed E-state index contributed by atoms with van der Waals surface area (Å²) in [6.45, 7) is 2.04. The van der Waals surface area contributed by atoms with Crippen LogP contribution in [0.25, 0.3) is 0 Å². The van der Waals surface area contributed by atoms with Gasteiger partial charge in [-0.3, -0.25) is 9.59 Å². The highest BCUT2D eigenvalue weighted by atomic mass is 16.5. The molecule has 0 saturated heterocycles. The van der Waals surface area contributed by atoms with Gasteiger partial charge in [-0.05, 0) is 31.2 Å². The first kappa shape index (κ1) is 16.6. The van der Waals surface area contributed by atoms with Crippen LogP contribution in [0.2, 0.25) is 0 Å². The van der Waals surface area contributed by atoms with E-state index in [1.54, 1.807) is 36.4 Å².